The van der Waals surface area contributed by atoms with Crippen LogP contribution in [-0.2, 0) is 11.2 Å². The van der Waals surface area contributed by atoms with Crippen LogP contribution >= 0.6 is 11.3 Å². The number of ether oxygens (including phenoxy) is 4. The Hall–Kier alpha value is -3.26. The Morgan fingerprint density at radius 3 is 2.39 bits per heavy atom. The number of anilines is 1. The first-order valence-corrected chi connectivity index (χ1v) is 10.7. The lowest BCUT2D eigenvalue weighted by Crippen LogP contribution is -2.12. The summed E-state index contributed by atoms with van der Waals surface area (Å²) in [7, 11) is 4.69. The number of hydrogen-bond donors (Lipinski definition) is 1. The lowest BCUT2D eigenvalue weighted by Gasteiger charge is -2.14. The fraction of sp³-hybridized carbons (Fsp3) is 0.304. The lowest BCUT2D eigenvalue weighted by molar-refractivity contribution is -0.116. The number of carbonyl (C=O) groups excluding carboxylic acids is 1. The van der Waals surface area contributed by atoms with Crippen LogP contribution in [0.5, 0.6) is 23.0 Å². The molecular formula is C23H26N2O5S. The molecule has 0 spiro atoms. The van der Waals surface area contributed by atoms with Gasteiger partial charge in [-0.2, -0.15) is 0 Å². The van der Waals surface area contributed by atoms with E-state index in [1.54, 1.807) is 21.3 Å². The van der Waals surface area contributed by atoms with Crippen molar-refractivity contribution >= 4 is 22.4 Å². The maximum Gasteiger partial charge on any atom is 0.226 e. The van der Waals surface area contributed by atoms with E-state index in [-0.39, 0.29) is 5.91 Å². The quantitative estimate of drug-likeness (QED) is 0.486. The molecule has 0 saturated carbocycles. The zero-order valence-electron chi connectivity index (χ0n) is 18.1. The Morgan fingerprint density at radius 1 is 1.03 bits per heavy atom. The molecule has 1 heterocycles. The summed E-state index contributed by atoms with van der Waals surface area (Å²) in [6.07, 6.45) is 0.817. The number of aryl methyl sites for hydroxylation is 1. The molecule has 0 fully saturated rings. The van der Waals surface area contributed by atoms with E-state index in [0.717, 1.165) is 22.6 Å². The van der Waals surface area contributed by atoms with Crippen molar-refractivity contribution in [2.75, 3.05) is 33.3 Å². The molecule has 2 aromatic carbocycles. The van der Waals surface area contributed by atoms with Gasteiger partial charge in [-0.15, -0.1) is 11.3 Å². The normalized spacial score (nSPS) is 10.5. The number of para-hydroxylation sites is 1. The molecule has 0 aliphatic heterocycles. The molecule has 1 N–H and O–H groups in total. The zero-order valence-corrected chi connectivity index (χ0v) is 18.9. The number of amides is 1. The Morgan fingerprint density at radius 2 is 1.74 bits per heavy atom. The van der Waals surface area contributed by atoms with Crippen LogP contribution < -0.4 is 24.3 Å². The van der Waals surface area contributed by atoms with Gasteiger partial charge in [0.2, 0.25) is 11.7 Å². The molecule has 3 rings (SSSR count). The van der Waals surface area contributed by atoms with E-state index < -0.39 is 0 Å². The van der Waals surface area contributed by atoms with Crippen molar-refractivity contribution in [3.63, 3.8) is 0 Å². The Labute approximate surface area is 185 Å². The lowest BCUT2D eigenvalue weighted by atomic mass is 10.1. The van der Waals surface area contributed by atoms with Gasteiger partial charge in [0, 0.05) is 17.4 Å². The van der Waals surface area contributed by atoms with E-state index in [1.165, 1.54) is 11.3 Å². The minimum Gasteiger partial charge on any atom is -0.493 e. The predicted octanol–water partition coefficient (Wildman–Crippen LogP) is 4.81. The molecule has 7 nitrogen and oxygen atoms in total. The van der Waals surface area contributed by atoms with Crippen LogP contribution in [0.15, 0.2) is 41.8 Å². The van der Waals surface area contributed by atoms with Gasteiger partial charge in [0.25, 0.3) is 0 Å². The number of nitrogens with zero attached hydrogens (tertiary/aromatic N) is 1. The Kier molecular flexibility index (Phi) is 7.72. The molecule has 0 atom stereocenters. The fourth-order valence-corrected chi connectivity index (χ4v) is 3.86. The monoisotopic (exact) mass is 442 g/mol. The van der Waals surface area contributed by atoms with E-state index >= 15 is 0 Å². The number of thiazole rings is 1. The van der Waals surface area contributed by atoms with Crippen molar-refractivity contribution < 1.29 is 23.7 Å². The fourth-order valence-electron chi connectivity index (χ4n) is 3.13. The van der Waals surface area contributed by atoms with E-state index in [1.807, 2.05) is 48.7 Å². The minimum absolute atomic E-state index is 0.118. The first-order chi connectivity index (χ1) is 15.1. The molecule has 8 heteroatoms. The van der Waals surface area contributed by atoms with Crippen LogP contribution in [0.3, 0.4) is 0 Å². The Bertz CT molecular complexity index is 1010. The summed E-state index contributed by atoms with van der Waals surface area (Å²) in [5.74, 6) is 2.31. The number of nitrogens with one attached hydrogen (secondary N) is 1. The van der Waals surface area contributed by atoms with Gasteiger partial charge in [-0.25, -0.2) is 4.98 Å². The average Bonchev–Trinajstić information content (AvgIpc) is 3.25. The number of rotatable bonds is 10. The number of methoxy groups -OCH3 is 3. The van der Waals surface area contributed by atoms with Crippen LogP contribution in [0.4, 0.5) is 5.13 Å². The van der Waals surface area contributed by atoms with Crippen LogP contribution in [0.1, 0.15) is 18.9 Å². The van der Waals surface area contributed by atoms with Crippen molar-refractivity contribution in [2.45, 2.75) is 19.8 Å². The standard InChI is InChI=1S/C23H26N2O5S/c1-5-30-18-9-7-6-8-16(18)17-14-31-23(24-17)25-21(26)11-10-15-12-19(27-2)22(29-4)20(13-15)28-3/h6-9,12-14H,5,10-11H2,1-4H3,(H,24,25,26). The Balaban J connectivity index is 1.65. The summed E-state index contributed by atoms with van der Waals surface area (Å²) in [5, 5.41) is 5.34. The SMILES string of the molecule is CCOc1ccccc1-c1csc(NC(=O)CCc2cc(OC)c(OC)c(OC)c2)n1. The van der Waals surface area contributed by atoms with Gasteiger partial charge in [-0.1, -0.05) is 12.1 Å². The maximum atomic E-state index is 12.5. The van der Waals surface area contributed by atoms with Crippen molar-refractivity contribution in [3.8, 4) is 34.3 Å². The third-order valence-electron chi connectivity index (χ3n) is 4.58. The van der Waals surface area contributed by atoms with Crippen molar-refractivity contribution in [2.24, 2.45) is 0 Å². The minimum atomic E-state index is -0.118. The van der Waals surface area contributed by atoms with Gasteiger partial charge in [-0.3, -0.25) is 4.79 Å². The topological polar surface area (TPSA) is 78.9 Å². The molecule has 0 unspecified atom stereocenters. The predicted molar refractivity (Wildman–Crippen MR) is 122 cm³/mol. The van der Waals surface area contributed by atoms with Gasteiger partial charge >= 0.3 is 0 Å². The summed E-state index contributed by atoms with van der Waals surface area (Å²) in [6.45, 7) is 2.52. The third-order valence-corrected chi connectivity index (χ3v) is 5.34. The number of benzene rings is 2. The van der Waals surface area contributed by atoms with E-state index in [0.29, 0.717) is 41.8 Å². The second-order valence-electron chi connectivity index (χ2n) is 6.55. The molecule has 1 amide bonds. The molecule has 0 bridgehead atoms. The summed E-state index contributed by atoms with van der Waals surface area (Å²) in [4.78, 5) is 17.0. The van der Waals surface area contributed by atoms with E-state index in [2.05, 4.69) is 10.3 Å². The van der Waals surface area contributed by atoms with Crippen LogP contribution in [0, 0.1) is 0 Å². The van der Waals surface area contributed by atoms with Crippen molar-refractivity contribution in [1.82, 2.24) is 4.98 Å². The van der Waals surface area contributed by atoms with Crippen LogP contribution in [0.2, 0.25) is 0 Å². The summed E-state index contributed by atoms with van der Waals surface area (Å²) >= 11 is 1.38. The largest absolute Gasteiger partial charge is 0.493 e. The first-order valence-electron chi connectivity index (χ1n) is 9.86. The number of carbonyl (C=O) groups is 1. The molecule has 164 valence electrons. The second kappa shape index (κ2) is 10.7. The number of aromatic nitrogens is 1. The molecule has 31 heavy (non-hydrogen) atoms. The molecule has 0 saturated heterocycles. The second-order valence-corrected chi connectivity index (χ2v) is 7.41. The summed E-state index contributed by atoms with van der Waals surface area (Å²) < 4.78 is 21.7. The molecule has 0 aliphatic carbocycles. The third kappa shape index (κ3) is 5.46. The van der Waals surface area contributed by atoms with Gasteiger partial charge in [0.05, 0.1) is 33.6 Å². The van der Waals surface area contributed by atoms with Crippen molar-refractivity contribution in [1.29, 1.82) is 0 Å². The van der Waals surface area contributed by atoms with Gasteiger partial charge < -0.3 is 24.3 Å². The van der Waals surface area contributed by atoms with Gasteiger partial charge in [0.1, 0.15) is 5.75 Å². The highest BCUT2D eigenvalue weighted by Gasteiger charge is 2.15. The maximum absolute atomic E-state index is 12.5. The average molecular weight is 443 g/mol. The molecule has 3 aromatic rings. The van der Waals surface area contributed by atoms with E-state index in [9.17, 15) is 4.79 Å². The van der Waals surface area contributed by atoms with Crippen LogP contribution in [0.25, 0.3) is 11.3 Å². The van der Waals surface area contributed by atoms with Gasteiger partial charge in [0.15, 0.2) is 16.6 Å². The zero-order chi connectivity index (χ0) is 22.2. The summed E-state index contributed by atoms with van der Waals surface area (Å²) in [6, 6.07) is 11.4. The first kappa shape index (κ1) is 22.4. The molecule has 0 aliphatic rings. The highest BCUT2D eigenvalue weighted by Crippen LogP contribution is 2.38. The van der Waals surface area contributed by atoms with Gasteiger partial charge in [-0.05, 0) is 43.2 Å². The molecular weight excluding hydrogens is 416 g/mol. The highest BCUT2D eigenvalue weighted by atomic mass is 32.1. The van der Waals surface area contributed by atoms with Crippen LogP contribution in [-0.4, -0.2) is 38.8 Å². The van der Waals surface area contributed by atoms with E-state index in [4.69, 9.17) is 18.9 Å². The smallest absolute Gasteiger partial charge is 0.226 e. The van der Waals surface area contributed by atoms with Crippen molar-refractivity contribution in [3.05, 3.63) is 47.3 Å². The highest BCUT2D eigenvalue weighted by molar-refractivity contribution is 7.14. The molecule has 0 radical (unpaired) electrons. The summed E-state index contributed by atoms with van der Waals surface area (Å²) in [5.41, 5.74) is 2.59. The molecule has 1 aromatic heterocycles. The number of hydrogen-bond acceptors (Lipinski definition) is 7.